The van der Waals surface area contributed by atoms with Crippen molar-refractivity contribution < 1.29 is 10.0 Å². The second-order valence-electron chi connectivity index (χ2n) is 6.34. The monoisotopic (exact) mass is 416 g/mol. The fraction of sp³-hybridized carbons (Fsp3) is 0.143. The molecule has 0 bridgehead atoms. The molecule has 0 saturated heterocycles. The Kier molecular flexibility index (Phi) is 6.52. The molecule has 0 aliphatic carbocycles. The van der Waals surface area contributed by atoms with E-state index in [0.717, 1.165) is 11.1 Å². The number of nitrogens with zero attached hydrogens (tertiary/aromatic N) is 1. The fourth-order valence-electron chi connectivity index (χ4n) is 2.92. The predicted octanol–water partition coefficient (Wildman–Crippen LogP) is 6.18. The van der Waals surface area contributed by atoms with Crippen molar-refractivity contribution in [3.8, 4) is 0 Å². The van der Waals surface area contributed by atoms with Crippen LogP contribution in [0.5, 0.6) is 0 Å². The second-order valence-corrected chi connectivity index (χ2v) is 7.15. The largest absolute Gasteiger partial charge is 0.388 e. The smallest absolute Gasteiger partial charge is 0.269 e. The maximum absolute atomic E-state index is 10.9. The number of rotatable bonds is 7. The first-order valence-electron chi connectivity index (χ1n) is 8.63. The molecular weight excluding hydrogens is 399 g/mol. The third-order valence-corrected chi connectivity index (χ3v) is 5.15. The lowest BCUT2D eigenvalue weighted by molar-refractivity contribution is -0.384. The van der Waals surface area contributed by atoms with Crippen molar-refractivity contribution in [1.82, 2.24) is 0 Å². The summed E-state index contributed by atoms with van der Waals surface area (Å²) >= 11 is 12.2. The zero-order valence-electron chi connectivity index (χ0n) is 14.8. The first-order chi connectivity index (χ1) is 13.4. The van der Waals surface area contributed by atoms with Crippen molar-refractivity contribution in [3.05, 3.63) is 104 Å². The molecule has 0 saturated carbocycles. The van der Waals surface area contributed by atoms with E-state index >= 15 is 0 Å². The van der Waals surface area contributed by atoms with Gasteiger partial charge in [-0.05, 0) is 35.4 Å². The van der Waals surface area contributed by atoms with E-state index in [1.165, 1.54) is 12.1 Å². The van der Waals surface area contributed by atoms with Crippen molar-refractivity contribution in [2.45, 2.75) is 18.6 Å². The number of nitro benzene ring substituents is 1. The summed E-state index contributed by atoms with van der Waals surface area (Å²) in [5.41, 5.74) is 2.36. The van der Waals surface area contributed by atoms with Gasteiger partial charge in [0.2, 0.25) is 0 Å². The Bertz CT molecular complexity index is 950. The highest BCUT2D eigenvalue weighted by atomic mass is 35.5. The number of nitrogens with one attached hydrogen (secondary N) is 1. The molecule has 0 radical (unpaired) electrons. The predicted molar refractivity (Wildman–Crippen MR) is 112 cm³/mol. The van der Waals surface area contributed by atoms with Gasteiger partial charge in [0, 0.05) is 24.2 Å². The average molecular weight is 417 g/mol. The number of nitro groups is 1. The Labute approximate surface area is 172 Å². The van der Waals surface area contributed by atoms with E-state index in [9.17, 15) is 15.2 Å². The fourth-order valence-corrected chi connectivity index (χ4v) is 3.23. The molecule has 0 spiro atoms. The maximum atomic E-state index is 10.9. The van der Waals surface area contributed by atoms with Gasteiger partial charge in [0.1, 0.15) is 0 Å². The summed E-state index contributed by atoms with van der Waals surface area (Å²) in [5.74, 6) is 0. The molecule has 0 amide bonds. The summed E-state index contributed by atoms with van der Waals surface area (Å²) in [6.45, 7) is 0. The standard InChI is InChI=1S/C21H18Cl2N2O3/c22-18-11-6-15(12-19(18)23)20(13-21(26)14-4-2-1-3-5-14)24-16-7-9-17(10-8-16)25(27)28/h1-12,20-21,24,26H,13H2. The molecule has 2 atom stereocenters. The Morgan fingerprint density at radius 2 is 1.61 bits per heavy atom. The van der Waals surface area contributed by atoms with Crippen molar-refractivity contribution >= 4 is 34.6 Å². The van der Waals surface area contributed by atoms with Crippen LogP contribution < -0.4 is 5.32 Å². The minimum absolute atomic E-state index is 0.0148. The number of benzene rings is 3. The molecule has 7 heteroatoms. The summed E-state index contributed by atoms with van der Waals surface area (Å²) < 4.78 is 0. The van der Waals surface area contributed by atoms with Gasteiger partial charge in [0.25, 0.3) is 5.69 Å². The molecule has 0 heterocycles. The lowest BCUT2D eigenvalue weighted by Gasteiger charge is -2.24. The molecule has 28 heavy (non-hydrogen) atoms. The van der Waals surface area contributed by atoms with E-state index < -0.39 is 11.0 Å². The molecule has 3 rings (SSSR count). The van der Waals surface area contributed by atoms with E-state index in [1.807, 2.05) is 36.4 Å². The highest BCUT2D eigenvalue weighted by Gasteiger charge is 2.19. The molecule has 3 aromatic carbocycles. The van der Waals surface area contributed by atoms with Gasteiger partial charge in [-0.25, -0.2) is 0 Å². The van der Waals surface area contributed by atoms with Gasteiger partial charge in [-0.1, -0.05) is 59.6 Å². The highest BCUT2D eigenvalue weighted by molar-refractivity contribution is 6.42. The average Bonchev–Trinajstić information content (AvgIpc) is 2.70. The van der Waals surface area contributed by atoms with E-state index in [0.29, 0.717) is 22.2 Å². The first kappa shape index (κ1) is 20.1. The van der Waals surface area contributed by atoms with E-state index in [-0.39, 0.29) is 11.7 Å². The van der Waals surface area contributed by atoms with Crippen LogP contribution in [0.4, 0.5) is 11.4 Å². The number of aliphatic hydroxyl groups excluding tert-OH is 1. The van der Waals surface area contributed by atoms with Gasteiger partial charge in [-0.3, -0.25) is 10.1 Å². The molecule has 5 nitrogen and oxygen atoms in total. The molecule has 0 aliphatic heterocycles. The normalized spacial score (nSPS) is 13.0. The summed E-state index contributed by atoms with van der Waals surface area (Å²) in [5, 5.41) is 25.7. The Morgan fingerprint density at radius 1 is 0.929 bits per heavy atom. The topological polar surface area (TPSA) is 75.4 Å². The summed E-state index contributed by atoms with van der Waals surface area (Å²) in [6.07, 6.45) is -0.329. The van der Waals surface area contributed by atoms with Gasteiger partial charge in [-0.15, -0.1) is 0 Å². The molecule has 2 unspecified atom stereocenters. The van der Waals surface area contributed by atoms with Crippen LogP contribution in [0.15, 0.2) is 72.8 Å². The second kappa shape index (κ2) is 9.06. The number of aliphatic hydroxyl groups is 1. The van der Waals surface area contributed by atoms with Crippen molar-refractivity contribution in [3.63, 3.8) is 0 Å². The minimum atomic E-state index is -0.703. The third kappa shape index (κ3) is 5.01. The molecule has 0 aromatic heterocycles. The minimum Gasteiger partial charge on any atom is -0.388 e. The Morgan fingerprint density at radius 3 is 2.21 bits per heavy atom. The third-order valence-electron chi connectivity index (χ3n) is 4.41. The van der Waals surface area contributed by atoms with Gasteiger partial charge in [0.05, 0.1) is 27.1 Å². The number of hydrogen-bond donors (Lipinski definition) is 2. The molecule has 3 aromatic rings. The lowest BCUT2D eigenvalue weighted by atomic mass is 9.96. The van der Waals surface area contributed by atoms with Crippen molar-refractivity contribution in [2.75, 3.05) is 5.32 Å². The molecule has 0 aliphatic rings. The summed E-state index contributed by atoms with van der Waals surface area (Å²) in [7, 11) is 0. The first-order valence-corrected chi connectivity index (χ1v) is 9.38. The van der Waals surface area contributed by atoms with Gasteiger partial charge in [-0.2, -0.15) is 0 Å². The van der Waals surface area contributed by atoms with Crippen LogP contribution in [-0.2, 0) is 0 Å². The zero-order chi connectivity index (χ0) is 20.1. The quantitative estimate of drug-likeness (QED) is 0.356. The lowest BCUT2D eigenvalue weighted by Crippen LogP contribution is -2.15. The van der Waals surface area contributed by atoms with Crippen molar-refractivity contribution in [2.24, 2.45) is 0 Å². The molecule has 2 N–H and O–H groups in total. The number of halogens is 2. The number of non-ortho nitro benzene ring substituents is 1. The van der Waals surface area contributed by atoms with Crippen LogP contribution in [0.3, 0.4) is 0 Å². The Balaban J connectivity index is 1.87. The van der Waals surface area contributed by atoms with E-state index in [4.69, 9.17) is 23.2 Å². The SMILES string of the molecule is O=[N+]([O-])c1ccc(NC(CC(O)c2ccccc2)c2ccc(Cl)c(Cl)c2)cc1. The van der Waals surface area contributed by atoms with Crippen LogP contribution in [0.2, 0.25) is 10.0 Å². The number of hydrogen-bond acceptors (Lipinski definition) is 4. The summed E-state index contributed by atoms with van der Waals surface area (Å²) in [6, 6.07) is 20.5. The van der Waals surface area contributed by atoms with Crippen LogP contribution in [0.1, 0.15) is 29.7 Å². The van der Waals surface area contributed by atoms with Crippen molar-refractivity contribution in [1.29, 1.82) is 0 Å². The van der Waals surface area contributed by atoms with Gasteiger partial charge < -0.3 is 10.4 Å². The molecule has 0 fully saturated rings. The van der Waals surface area contributed by atoms with Gasteiger partial charge >= 0.3 is 0 Å². The Hall–Kier alpha value is -2.60. The highest BCUT2D eigenvalue weighted by Crippen LogP contribution is 2.33. The van der Waals surface area contributed by atoms with Crippen LogP contribution in [0.25, 0.3) is 0 Å². The van der Waals surface area contributed by atoms with E-state index in [2.05, 4.69) is 5.32 Å². The summed E-state index contributed by atoms with van der Waals surface area (Å²) in [4.78, 5) is 10.4. The van der Waals surface area contributed by atoms with Crippen LogP contribution >= 0.6 is 23.2 Å². The van der Waals surface area contributed by atoms with E-state index in [1.54, 1.807) is 24.3 Å². The van der Waals surface area contributed by atoms with Crippen LogP contribution in [-0.4, -0.2) is 10.0 Å². The maximum Gasteiger partial charge on any atom is 0.269 e. The molecule has 144 valence electrons. The zero-order valence-corrected chi connectivity index (χ0v) is 16.3. The van der Waals surface area contributed by atoms with Crippen LogP contribution in [0, 0.1) is 10.1 Å². The van der Waals surface area contributed by atoms with Gasteiger partial charge in [0.15, 0.2) is 0 Å². The molecular formula is C21H18Cl2N2O3. The number of anilines is 1.